The summed E-state index contributed by atoms with van der Waals surface area (Å²) >= 11 is 0. The summed E-state index contributed by atoms with van der Waals surface area (Å²) in [7, 11) is 0. The van der Waals surface area contributed by atoms with Gasteiger partial charge in [0.05, 0.1) is 5.92 Å². The molecule has 0 saturated carbocycles. The van der Waals surface area contributed by atoms with E-state index in [4.69, 9.17) is 5.11 Å². The number of benzene rings is 1. The van der Waals surface area contributed by atoms with Crippen LogP contribution in [0, 0.1) is 19.7 Å². The number of aliphatic carboxylic acids is 1. The van der Waals surface area contributed by atoms with Gasteiger partial charge in [0.15, 0.2) is 0 Å². The Balaban J connectivity index is 3.29. The molecule has 0 aliphatic heterocycles. The Hall–Kier alpha value is -1.38. The first-order chi connectivity index (χ1) is 6.97. The smallest absolute Gasteiger partial charge is 0.311 e. The zero-order chi connectivity index (χ0) is 11.6. The predicted molar refractivity (Wildman–Crippen MR) is 56.5 cm³/mol. The molecule has 3 heteroatoms. The van der Waals surface area contributed by atoms with Crippen molar-refractivity contribution in [3.05, 3.63) is 34.6 Å². The fourth-order valence-corrected chi connectivity index (χ4v) is 1.87. The molecule has 0 aromatic heterocycles. The van der Waals surface area contributed by atoms with Gasteiger partial charge in [-0.1, -0.05) is 13.0 Å². The van der Waals surface area contributed by atoms with Gasteiger partial charge in [-0.05, 0) is 37.5 Å². The van der Waals surface area contributed by atoms with E-state index in [-0.39, 0.29) is 0 Å². The van der Waals surface area contributed by atoms with Crippen molar-refractivity contribution in [3.8, 4) is 0 Å². The highest BCUT2D eigenvalue weighted by molar-refractivity contribution is 5.76. The standard InChI is InChI=1S/C12H15FO2/c1-4-9(12(14)15)11-8(3)5-7(2)6-10(11)13/h5-6,9H,4H2,1-3H3,(H,14,15). The molecule has 0 aliphatic carbocycles. The lowest BCUT2D eigenvalue weighted by atomic mass is 9.91. The number of aryl methyl sites for hydroxylation is 2. The molecule has 0 saturated heterocycles. The lowest BCUT2D eigenvalue weighted by molar-refractivity contribution is -0.138. The van der Waals surface area contributed by atoms with Crippen LogP contribution in [0.15, 0.2) is 12.1 Å². The van der Waals surface area contributed by atoms with E-state index in [2.05, 4.69) is 0 Å². The maximum Gasteiger partial charge on any atom is 0.311 e. The van der Waals surface area contributed by atoms with Gasteiger partial charge in [0.2, 0.25) is 0 Å². The van der Waals surface area contributed by atoms with Crippen LogP contribution < -0.4 is 0 Å². The van der Waals surface area contributed by atoms with Gasteiger partial charge < -0.3 is 5.11 Å². The van der Waals surface area contributed by atoms with Crippen LogP contribution >= 0.6 is 0 Å². The van der Waals surface area contributed by atoms with Crippen molar-refractivity contribution in [3.63, 3.8) is 0 Å². The number of hydrogen-bond donors (Lipinski definition) is 1. The molecule has 0 heterocycles. The Labute approximate surface area is 88.7 Å². The molecule has 0 fully saturated rings. The Morgan fingerprint density at radius 3 is 2.47 bits per heavy atom. The van der Waals surface area contributed by atoms with Gasteiger partial charge in [0.1, 0.15) is 5.82 Å². The molecular weight excluding hydrogens is 195 g/mol. The zero-order valence-electron chi connectivity index (χ0n) is 9.17. The second-order valence-electron chi connectivity index (χ2n) is 3.78. The number of carboxylic acids is 1. The van der Waals surface area contributed by atoms with E-state index in [9.17, 15) is 9.18 Å². The molecule has 0 aliphatic rings. The molecule has 1 unspecified atom stereocenters. The normalized spacial score (nSPS) is 12.5. The molecule has 1 aromatic carbocycles. The van der Waals surface area contributed by atoms with E-state index in [1.165, 1.54) is 6.07 Å². The van der Waals surface area contributed by atoms with Crippen LogP contribution in [0.4, 0.5) is 4.39 Å². The van der Waals surface area contributed by atoms with E-state index < -0.39 is 17.7 Å². The van der Waals surface area contributed by atoms with Crippen LogP contribution in [0.2, 0.25) is 0 Å². The summed E-state index contributed by atoms with van der Waals surface area (Å²) in [5.41, 5.74) is 1.84. The van der Waals surface area contributed by atoms with Crippen molar-refractivity contribution in [2.75, 3.05) is 0 Å². The van der Waals surface area contributed by atoms with Crippen molar-refractivity contribution in [1.82, 2.24) is 0 Å². The highest BCUT2D eigenvalue weighted by Gasteiger charge is 2.23. The number of carboxylic acid groups (broad SMARTS) is 1. The first kappa shape index (κ1) is 11.7. The molecule has 0 bridgehead atoms. The van der Waals surface area contributed by atoms with Gasteiger partial charge in [-0.3, -0.25) is 4.79 Å². The summed E-state index contributed by atoms with van der Waals surface area (Å²) < 4.78 is 13.6. The molecule has 1 N–H and O–H groups in total. The van der Waals surface area contributed by atoms with Crippen LogP contribution in [-0.4, -0.2) is 11.1 Å². The molecule has 82 valence electrons. The summed E-state index contributed by atoms with van der Waals surface area (Å²) in [4.78, 5) is 11.0. The Morgan fingerprint density at radius 1 is 1.47 bits per heavy atom. The Kier molecular flexibility index (Phi) is 3.45. The summed E-state index contributed by atoms with van der Waals surface area (Å²) in [6.45, 7) is 5.29. The van der Waals surface area contributed by atoms with Crippen LogP contribution in [0.25, 0.3) is 0 Å². The van der Waals surface area contributed by atoms with E-state index >= 15 is 0 Å². The highest BCUT2D eigenvalue weighted by atomic mass is 19.1. The number of halogens is 1. The van der Waals surface area contributed by atoms with Gasteiger partial charge in [-0.2, -0.15) is 0 Å². The molecule has 1 rings (SSSR count). The van der Waals surface area contributed by atoms with E-state index in [1.807, 2.05) is 6.07 Å². The van der Waals surface area contributed by atoms with Crippen LogP contribution in [-0.2, 0) is 4.79 Å². The molecule has 2 nitrogen and oxygen atoms in total. The molecular formula is C12H15FO2. The topological polar surface area (TPSA) is 37.3 Å². The molecule has 0 amide bonds. The van der Waals surface area contributed by atoms with Gasteiger partial charge in [-0.15, -0.1) is 0 Å². The average Bonchev–Trinajstić information content (AvgIpc) is 2.09. The second kappa shape index (κ2) is 4.43. The number of rotatable bonds is 3. The van der Waals surface area contributed by atoms with Crippen LogP contribution in [0.5, 0.6) is 0 Å². The largest absolute Gasteiger partial charge is 0.481 e. The lowest BCUT2D eigenvalue weighted by Crippen LogP contribution is -2.14. The molecule has 0 spiro atoms. The zero-order valence-corrected chi connectivity index (χ0v) is 9.17. The summed E-state index contributed by atoms with van der Waals surface area (Å²) in [5, 5.41) is 8.98. The third-order valence-corrected chi connectivity index (χ3v) is 2.54. The lowest BCUT2D eigenvalue weighted by Gasteiger charge is -2.14. The summed E-state index contributed by atoms with van der Waals surface area (Å²) in [6.07, 6.45) is 0.399. The number of hydrogen-bond acceptors (Lipinski definition) is 1. The minimum Gasteiger partial charge on any atom is -0.481 e. The summed E-state index contributed by atoms with van der Waals surface area (Å²) in [6, 6.07) is 3.19. The van der Waals surface area contributed by atoms with Gasteiger partial charge >= 0.3 is 5.97 Å². The maximum absolute atomic E-state index is 13.6. The maximum atomic E-state index is 13.6. The molecule has 1 aromatic rings. The second-order valence-corrected chi connectivity index (χ2v) is 3.78. The monoisotopic (exact) mass is 210 g/mol. The number of carbonyl (C=O) groups is 1. The van der Waals surface area contributed by atoms with Gasteiger partial charge in [0, 0.05) is 5.56 Å². The van der Waals surface area contributed by atoms with E-state index in [0.717, 1.165) is 5.56 Å². The minimum absolute atomic E-state index is 0.315. The van der Waals surface area contributed by atoms with Crippen molar-refractivity contribution in [2.45, 2.75) is 33.1 Å². The van der Waals surface area contributed by atoms with Crippen LogP contribution in [0.1, 0.15) is 36.0 Å². The molecule has 1 atom stereocenters. The Bertz CT molecular complexity index is 362. The molecule has 15 heavy (non-hydrogen) atoms. The Morgan fingerprint density at radius 2 is 2.07 bits per heavy atom. The fourth-order valence-electron chi connectivity index (χ4n) is 1.87. The first-order valence-corrected chi connectivity index (χ1v) is 4.96. The minimum atomic E-state index is -0.969. The van der Waals surface area contributed by atoms with Crippen molar-refractivity contribution >= 4 is 5.97 Å². The van der Waals surface area contributed by atoms with Crippen molar-refractivity contribution in [1.29, 1.82) is 0 Å². The first-order valence-electron chi connectivity index (χ1n) is 4.96. The molecule has 0 radical (unpaired) electrons. The highest BCUT2D eigenvalue weighted by Crippen LogP contribution is 2.27. The predicted octanol–water partition coefficient (Wildman–Crippen LogP) is 3.02. The van der Waals surface area contributed by atoms with E-state index in [0.29, 0.717) is 17.5 Å². The SMILES string of the molecule is CCC(C(=O)O)c1c(C)cc(C)cc1F. The van der Waals surface area contributed by atoms with E-state index in [1.54, 1.807) is 20.8 Å². The van der Waals surface area contributed by atoms with Gasteiger partial charge in [-0.25, -0.2) is 4.39 Å². The third kappa shape index (κ3) is 2.35. The van der Waals surface area contributed by atoms with Gasteiger partial charge in [0.25, 0.3) is 0 Å². The third-order valence-electron chi connectivity index (χ3n) is 2.54. The average molecular weight is 210 g/mol. The van der Waals surface area contributed by atoms with Crippen molar-refractivity contribution in [2.24, 2.45) is 0 Å². The summed E-state index contributed by atoms with van der Waals surface area (Å²) in [5.74, 6) is -2.13. The van der Waals surface area contributed by atoms with Crippen molar-refractivity contribution < 1.29 is 14.3 Å². The van der Waals surface area contributed by atoms with Crippen LogP contribution in [0.3, 0.4) is 0 Å². The quantitative estimate of drug-likeness (QED) is 0.832. The fraction of sp³-hybridized carbons (Fsp3) is 0.417.